The molecular formula is C18H18N2O3S2. The maximum Gasteiger partial charge on any atom is 0.330 e. The van der Waals surface area contributed by atoms with Crippen molar-refractivity contribution in [3.05, 3.63) is 41.4 Å². The van der Waals surface area contributed by atoms with Crippen molar-refractivity contribution >= 4 is 35.0 Å². The molecule has 130 valence electrons. The van der Waals surface area contributed by atoms with Gasteiger partial charge in [0.15, 0.2) is 0 Å². The van der Waals surface area contributed by atoms with Crippen molar-refractivity contribution in [2.45, 2.75) is 37.3 Å². The molecule has 4 rings (SSSR count). The van der Waals surface area contributed by atoms with Gasteiger partial charge in [0.2, 0.25) is 5.91 Å². The molecule has 0 aliphatic carbocycles. The van der Waals surface area contributed by atoms with Crippen LogP contribution in [0.15, 0.2) is 36.5 Å². The molecule has 0 bridgehead atoms. The van der Waals surface area contributed by atoms with E-state index in [4.69, 9.17) is 4.74 Å². The summed E-state index contributed by atoms with van der Waals surface area (Å²) < 4.78 is 5.49. The summed E-state index contributed by atoms with van der Waals surface area (Å²) >= 11 is 3.19. The average molecular weight is 374 g/mol. The van der Waals surface area contributed by atoms with Crippen molar-refractivity contribution in [3.8, 4) is 10.6 Å². The molecule has 2 aromatic rings. The number of benzene rings is 1. The molecule has 2 saturated heterocycles. The summed E-state index contributed by atoms with van der Waals surface area (Å²) in [5, 5.41) is 0.908. The number of carbonyl (C=O) groups excluding carboxylic acids is 2. The fraction of sp³-hybridized carbons (Fsp3) is 0.389. The van der Waals surface area contributed by atoms with E-state index in [1.54, 1.807) is 22.9 Å². The number of ether oxygens (including phenoxy) is 1. The molecule has 5 nitrogen and oxygen atoms in total. The van der Waals surface area contributed by atoms with Crippen LogP contribution in [0.4, 0.5) is 0 Å². The van der Waals surface area contributed by atoms with Crippen molar-refractivity contribution in [1.29, 1.82) is 0 Å². The summed E-state index contributed by atoms with van der Waals surface area (Å²) in [6.07, 6.45) is 3.06. The van der Waals surface area contributed by atoms with Crippen molar-refractivity contribution in [2.75, 3.05) is 5.75 Å². The minimum Gasteiger partial charge on any atom is -0.458 e. The van der Waals surface area contributed by atoms with Crippen LogP contribution in [0, 0.1) is 0 Å². The third kappa shape index (κ3) is 3.06. The fourth-order valence-corrected chi connectivity index (χ4v) is 5.57. The van der Waals surface area contributed by atoms with E-state index in [1.807, 2.05) is 37.3 Å². The van der Waals surface area contributed by atoms with Crippen LogP contribution >= 0.6 is 23.1 Å². The highest BCUT2D eigenvalue weighted by molar-refractivity contribution is 8.01. The average Bonchev–Trinajstić information content (AvgIpc) is 3.30. The Morgan fingerprint density at radius 1 is 1.40 bits per heavy atom. The van der Waals surface area contributed by atoms with Crippen molar-refractivity contribution in [2.24, 2.45) is 0 Å². The number of thiazole rings is 1. The third-order valence-electron chi connectivity index (χ3n) is 4.65. The van der Waals surface area contributed by atoms with Crippen LogP contribution in [0.5, 0.6) is 0 Å². The first-order chi connectivity index (χ1) is 12.1. The Bertz CT molecular complexity index is 808. The van der Waals surface area contributed by atoms with Gasteiger partial charge in [-0.2, -0.15) is 0 Å². The molecule has 3 heterocycles. The first-order valence-electron chi connectivity index (χ1n) is 8.20. The van der Waals surface area contributed by atoms with E-state index < -0.39 is 6.04 Å². The van der Waals surface area contributed by atoms with E-state index in [0.717, 1.165) is 21.9 Å². The molecule has 25 heavy (non-hydrogen) atoms. The Kier molecular flexibility index (Phi) is 4.29. The van der Waals surface area contributed by atoms with Crippen molar-refractivity contribution in [3.63, 3.8) is 0 Å². The lowest BCUT2D eigenvalue weighted by atomic mass is 10.2. The van der Waals surface area contributed by atoms with E-state index in [9.17, 15) is 9.59 Å². The standard InChI is InChI=1S/C18H18N2O3S2/c1-18-8-7-15(21)20(18)14(11-24-18)17(22)23-10-13-9-19-16(25-13)12-5-3-2-4-6-12/h2-6,9,14H,7-8,10-11H2,1H3/t14-,18-/m1/s1. The van der Waals surface area contributed by atoms with Gasteiger partial charge in [-0.1, -0.05) is 30.3 Å². The third-order valence-corrected chi connectivity index (χ3v) is 7.17. The Morgan fingerprint density at radius 2 is 2.20 bits per heavy atom. The highest BCUT2D eigenvalue weighted by atomic mass is 32.2. The summed E-state index contributed by atoms with van der Waals surface area (Å²) in [6.45, 7) is 2.23. The van der Waals surface area contributed by atoms with Gasteiger partial charge in [0.25, 0.3) is 0 Å². The van der Waals surface area contributed by atoms with Gasteiger partial charge in [0.05, 0.1) is 9.75 Å². The first kappa shape index (κ1) is 16.6. The van der Waals surface area contributed by atoms with Crippen LogP contribution in [-0.4, -0.2) is 38.4 Å². The van der Waals surface area contributed by atoms with Crippen LogP contribution in [-0.2, 0) is 20.9 Å². The molecule has 0 spiro atoms. The number of hydrogen-bond donors (Lipinski definition) is 0. The number of thioether (sulfide) groups is 1. The number of hydrogen-bond acceptors (Lipinski definition) is 6. The predicted octanol–water partition coefficient (Wildman–Crippen LogP) is 3.31. The maximum absolute atomic E-state index is 12.5. The zero-order valence-corrected chi connectivity index (χ0v) is 15.4. The summed E-state index contributed by atoms with van der Waals surface area (Å²) in [5.74, 6) is 0.346. The van der Waals surface area contributed by atoms with Crippen LogP contribution in [0.2, 0.25) is 0 Å². The van der Waals surface area contributed by atoms with E-state index in [2.05, 4.69) is 4.98 Å². The summed E-state index contributed by atoms with van der Waals surface area (Å²) in [4.78, 5) is 31.4. The summed E-state index contributed by atoms with van der Waals surface area (Å²) in [7, 11) is 0. The maximum atomic E-state index is 12.5. The topological polar surface area (TPSA) is 59.5 Å². The Hall–Kier alpha value is -1.86. The molecule has 2 aliphatic heterocycles. The molecule has 0 saturated carbocycles. The molecule has 0 N–H and O–H groups in total. The van der Waals surface area contributed by atoms with Gasteiger partial charge in [-0.05, 0) is 13.3 Å². The van der Waals surface area contributed by atoms with Gasteiger partial charge in [-0.25, -0.2) is 9.78 Å². The largest absolute Gasteiger partial charge is 0.458 e. The first-order valence-corrected chi connectivity index (χ1v) is 10.00. The van der Waals surface area contributed by atoms with Gasteiger partial charge >= 0.3 is 5.97 Å². The minimum atomic E-state index is -0.466. The lowest BCUT2D eigenvalue weighted by Gasteiger charge is -2.29. The molecule has 7 heteroatoms. The van der Waals surface area contributed by atoms with Crippen molar-refractivity contribution in [1.82, 2.24) is 9.88 Å². The summed E-state index contributed by atoms with van der Waals surface area (Å²) in [6, 6.07) is 9.45. The molecule has 2 fully saturated rings. The zero-order chi connectivity index (χ0) is 17.4. The second-order valence-electron chi connectivity index (χ2n) is 6.37. The molecule has 0 unspecified atom stereocenters. The number of rotatable bonds is 4. The molecule has 2 atom stereocenters. The fourth-order valence-electron chi connectivity index (χ4n) is 3.32. The number of esters is 1. The highest BCUT2D eigenvalue weighted by Crippen LogP contribution is 2.47. The quantitative estimate of drug-likeness (QED) is 0.769. The minimum absolute atomic E-state index is 0.0543. The van der Waals surface area contributed by atoms with Gasteiger partial charge in [-0.15, -0.1) is 23.1 Å². The second kappa shape index (κ2) is 6.46. The van der Waals surface area contributed by atoms with E-state index >= 15 is 0 Å². The van der Waals surface area contributed by atoms with E-state index in [1.165, 1.54) is 11.3 Å². The number of carbonyl (C=O) groups is 2. The second-order valence-corrected chi connectivity index (χ2v) is 8.99. The van der Waals surface area contributed by atoms with Crippen LogP contribution < -0.4 is 0 Å². The van der Waals surface area contributed by atoms with Gasteiger partial charge in [-0.3, -0.25) is 4.79 Å². The lowest BCUT2D eigenvalue weighted by Crippen LogP contribution is -2.46. The molecular weight excluding hydrogens is 356 g/mol. The van der Waals surface area contributed by atoms with E-state index in [-0.39, 0.29) is 23.4 Å². The SMILES string of the molecule is C[C@@]12CCC(=O)N1[C@@H](C(=O)OCc1cnc(-c3ccccc3)s1)CS2. The number of aromatic nitrogens is 1. The van der Waals surface area contributed by atoms with Crippen LogP contribution in [0.1, 0.15) is 24.6 Å². The number of fused-ring (bicyclic) bond motifs is 1. The van der Waals surface area contributed by atoms with Gasteiger partial charge in [0, 0.05) is 23.9 Å². The molecule has 0 radical (unpaired) electrons. The predicted molar refractivity (Wildman–Crippen MR) is 98.1 cm³/mol. The summed E-state index contributed by atoms with van der Waals surface area (Å²) in [5.41, 5.74) is 1.05. The van der Waals surface area contributed by atoms with E-state index in [0.29, 0.717) is 12.2 Å². The van der Waals surface area contributed by atoms with Crippen LogP contribution in [0.25, 0.3) is 10.6 Å². The van der Waals surface area contributed by atoms with Crippen LogP contribution in [0.3, 0.4) is 0 Å². The highest BCUT2D eigenvalue weighted by Gasteiger charge is 2.53. The molecule has 2 aliphatic rings. The normalized spacial score (nSPS) is 25.2. The number of amides is 1. The Labute approximate surface area is 154 Å². The molecule has 1 aromatic heterocycles. The smallest absolute Gasteiger partial charge is 0.330 e. The Morgan fingerprint density at radius 3 is 3.00 bits per heavy atom. The molecule has 1 aromatic carbocycles. The van der Waals surface area contributed by atoms with Gasteiger partial charge in [0.1, 0.15) is 17.7 Å². The molecule has 1 amide bonds. The van der Waals surface area contributed by atoms with Gasteiger partial charge < -0.3 is 9.64 Å². The zero-order valence-electron chi connectivity index (χ0n) is 13.8. The van der Waals surface area contributed by atoms with Crippen molar-refractivity contribution < 1.29 is 14.3 Å². The number of nitrogens with zero attached hydrogens (tertiary/aromatic N) is 2. The lowest BCUT2D eigenvalue weighted by molar-refractivity contribution is -0.154. The monoisotopic (exact) mass is 374 g/mol. The Balaban J connectivity index is 1.40.